The number of benzene rings is 4. The van der Waals surface area contributed by atoms with Gasteiger partial charge in [0, 0.05) is 0 Å². The molecular weight excluding hydrogens is 496 g/mol. The Bertz CT molecular complexity index is 1530. The molecule has 4 rings (SSSR count). The monoisotopic (exact) mass is 522 g/mol. The van der Waals surface area contributed by atoms with Crippen molar-refractivity contribution in [1.82, 2.24) is 0 Å². The molecule has 186 valence electrons. The van der Waals surface area contributed by atoms with Gasteiger partial charge in [0.2, 0.25) is 0 Å². The van der Waals surface area contributed by atoms with E-state index in [2.05, 4.69) is 0 Å². The summed E-state index contributed by atoms with van der Waals surface area (Å²) >= 11 is 0. The smallest absolute Gasteiger partial charge is 0.339 e. The number of aryl methyl sites for hydroxylation is 3. The van der Waals surface area contributed by atoms with Gasteiger partial charge >= 0.3 is 20.2 Å². The SMILES string of the molecule is Cc1ccc(OS(=O)(=O)c2ccccc2)c(OS(=O)(=O)c2ccccc2CCCc2ccccc2)c1. The fourth-order valence-corrected chi connectivity index (χ4v) is 5.90. The summed E-state index contributed by atoms with van der Waals surface area (Å²) in [6.07, 6.45) is 2.10. The second kappa shape index (κ2) is 11.0. The predicted molar refractivity (Wildman–Crippen MR) is 138 cm³/mol. The highest BCUT2D eigenvalue weighted by Crippen LogP contribution is 2.34. The Hall–Kier alpha value is -3.62. The molecule has 8 heteroatoms. The average Bonchev–Trinajstić information content (AvgIpc) is 2.87. The standard InChI is InChI=1S/C28H26O6S2/c1-22-19-20-26(33-35(29,30)25-16-6-3-7-17-25)27(21-22)34-36(31,32)28-18-9-8-14-24(28)15-10-13-23-11-4-2-5-12-23/h2-9,11-12,14,16-21H,10,13,15H2,1H3. The van der Waals surface area contributed by atoms with Crippen molar-refractivity contribution >= 4 is 20.2 Å². The quantitative estimate of drug-likeness (QED) is 0.248. The molecular formula is C28H26O6S2. The van der Waals surface area contributed by atoms with Crippen LogP contribution in [-0.2, 0) is 33.1 Å². The van der Waals surface area contributed by atoms with Gasteiger partial charge in [-0.1, -0.05) is 72.8 Å². The van der Waals surface area contributed by atoms with E-state index >= 15 is 0 Å². The van der Waals surface area contributed by atoms with Crippen molar-refractivity contribution in [3.8, 4) is 11.5 Å². The molecule has 0 fully saturated rings. The molecule has 36 heavy (non-hydrogen) atoms. The van der Waals surface area contributed by atoms with Gasteiger partial charge < -0.3 is 8.37 Å². The van der Waals surface area contributed by atoms with Crippen LogP contribution >= 0.6 is 0 Å². The van der Waals surface area contributed by atoms with Gasteiger partial charge in [0.25, 0.3) is 0 Å². The maximum absolute atomic E-state index is 13.3. The largest absolute Gasteiger partial charge is 0.375 e. The fraction of sp³-hybridized carbons (Fsp3) is 0.143. The van der Waals surface area contributed by atoms with Crippen LogP contribution in [0, 0.1) is 6.92 Å². The van der Waals surface area contributed by atoms with Crippen molar-refractivity contribution in [2.45, 2.75) is 36.0 Å². The summed E-state index contributed by atoms with van der Waals surface area (Å²) in [5.74, 6) is -0.414. The van der Waals surface area contributed by atoms with Gasteiger partial charge in [-0.2, -0.15) is 16.8 Å². The lowest BCUT2D eigenvalue weighted by Crippen LogP contribution is -2.15. The van der Waals surface area contributed by atoms with Crippen molar-refractivity contribution in [1.29, 1.82) is 0 Å². The van der Waals surface area contributed by atoms with Crippen molar-refractivity contribution in [2.75, 3.05) is 0 Å². The van der Waals surface area contributed by atoms with Crippen LogP contribution in [0.15, 0.2) is 113 Å². The molecule has 0 bridgehead atoms. The summed E-state index contributed by atoms with van der Waals surface area (Å²) < 4.78 is 62.9. The van der Waals surface area contributed by atoms with Crippen molar-refractivity contribution in [2.24, 2.45) is 0 Å². The highest BCUT2D eigenvalue weighted by Gasteiger charge is 2.25. The molecule has 6 nitrogen and oxygen atoms in total. The summed E-state index contributed by atoms with van der Waals surface area (Å²) in [6, 6.07) is 28.7. The summed E-state index contributed by atoms with van der Waals surface area (Å²) in [4.78, 5) is -0.0143. The Labute approximate surface area is 212 Å². The number of hydrogen-bond donors (Lipinski definition) is 0. The van der Waals surface area contributed by atoms with Gasteiger partial charge in [-0.3, -0.25) is 0 Å². The maximum Gasteiger partial charge on any atom is 0.339 e. The Morgan fingerprint density at radius 1 is 0.611 bits per heavy atom. The van der Waals surface area contributed by atoms with Gasteiger partial charge in [0.15, 0.2) is 11.5 Å². The Morgan fingerprint density at radius 2 is 1.22 bits per heavy atom. The first-order valence-electron chi connectivity index (χ1n) is 11.4. The lowest BCUT2D eigenvalue weighted by molar-refractivity contribution is 0.448. The van der Waals surface area contributed by atoms with Crippen molar-refractivity contribution in [3.63, 3.8) is 0 Å². The zero-order valence-electron chi connectivity index (χ0n) is 19.7. The lowest BCUT2D eigenvalue weighted by atomic mass is 10.0. The minimum atomic E-state index is -4.27. The molecule has 0 heterocycles. The Balaban J connectivity index is 1.58. The molecule has 0 aliphatic heterocycles. The highest BCUT2D eigenvalue weighted by atomic mass is 32.2. The molecule has 0 amide bonds. The van der Waals surface area contributed by atoms with Gasteiger partial charge in [-0.15, -0.1) is 0 Å². The Kier molecular flexibility index (Phi) is 7.76. The van der Waals surface area contributed by atoms with Crippen LogP contribution in [0.2, 0.25) is 0 Å². The lowest BCUT2D eigenvalue weighted by Gasteiger charge is -2.15. The van der Waals surface area contributed by atoms with E-state index < -0.39 is 20.2 Å². The van der Waals surface area contributed by atoms with Gasteiger partial charge in [0.05, 0.1) is 0 Å². The Morgan fingerprint density at radius 3 is 1.94 bits per heavy atom. The first kappa shape index (κ1) is 25.5. The fourth-order valence-electron chi connectivity index (χ4n) is 3.75. The molecule has 0 radical (unpaired) electrons. The number of hydrogen-bond acceptors (Lipinski definition) is 6. The third-order valence-corrected chi connectivity index (χ3v) is 8.11. The van der Waals surface area contributed by atoms with Crippen LogP contribution in [0.4, 0.5) is 0 Å². The molecule has 0 aliphatic carbocycles. The molecule has 0 saturated carbocycles. The molecule has 0 aromatic heterocycles. The third-order valence-electron chi connectivity index (χ3n) is 5.53. The van der Waals surface area contributed by atoms with Crippen LogP contribution in [0.1, 0.15) is 23.1 Å². The third kappa shape index (κ3) is 6.33. The van der Waals surface area contributed by atoms with E-state index in [0.29, 0.717) is 17.5 Å². The summed E-state index contributed by atoms with van der Waals surface area (Å²) in [5.41, 5.74) is 2.48. The molecule has 0 saturated heterocycles. The zero-order valence-corrected chi connectivity index (χ0v) is 21.3. The molecule has 4 aromatic rings. The van der Waals surface area contributed by atoms with Crippen LogP contribution < -0.4 is 8.37 Å². The first-order valence-corrected chi connectivity index (χ1v) is 14.2. The van der Waals surface area contributed by atoms with Crippen molar-refractivity contribution in [3.05, 3.63) is 120 Å². The predicted octanol–water partition coefficient (Wildman–Crippen LogP) is 5.71. The molecule has 0 unspecified atom stereocenters. The molecule has 0 atom stereocenters. The number of rotatable bonds is 10. The topological polar surface area (TPSA) is 86.7 Å². The van der Waals surface area contributed by atoms with Crippen LogP contribution in [0.25, 0.3) is 0 Å². The van der Waals surface area contributed by atoms with Crippen LogP contribution in [0.3, 0.4) is 0 Å². The van der Waals surface area contributed by atoms with E-state index in [1.54, 1.807) is 49.4 Å². The van der Waals surface area contributed by atoms with Gasteiger partial charge in [-0.25, -0.2) is 0 Å². The van der Waals surface area contributed by atoms with E-state index in [-0.39, 0.29) is 21.3 Å². The second-order valence-corrected chi connectivity index (χ2v) is 11.3. The van der Waals surface area contributed by atoms with Gasteiger partial charge in [0.1, 0.15) is 9.79 Å². The summed E-state index contributed by atoms with van der Waals surface area (Å²) in [7, 11) is -8.46. The highest BCUT2D eigenvalue weighted by molar-refractivity contribution is 7.87. The zero-order chi connectivity index (χ0) is 25.6. The molecule has 0 aliphatic rings. The summed E-state index contributed by atoms with van der Waals surface area (Å²) in [6.45, 7) is 1.74. The normalized spacial score (nSPS) is 11.7. The van der Waals surface area contributed by atoms with E-state index in [1.807, 2.05) is 30.3 Å². The van der Waals surface area contributed by atoms with Crippen LogP contribution in [-0.4, -0.2) is 16.8 Å². The maximum atomic E-state index is 13.3. The first-order chi connectivity index (χ1) is 17.2. The van der Waals surface area contributed by atoms with E-state index in [1.165, 1.54) is 35.9 Å². The summed E-state index contributed by atoms with van der Waals surface area (Å²) in [5, 5.41) is 0. The van der Waals surface area contributed by atoms with Crippen LogP contribution in [0.5, 0.6) is 11.5 Å². The molecule has 0 spiro atoms. The molecule has 0 N–H and O–H groups in total. The second-order valence-electron chi connectivity index (χ2n) is 8.29. The van der Waals surface area contributed by atoms with Gasteiger partial charge in [-0.05, 0) is 73.2 Å². The minimum Gasteiger partial charge on any atom is -0.375 e. The van der Waals surface area contributed by atoms with E-state index in [0.717, 1.165) is 12.8 Å². The molecule has 4 aromatic carbocycles. The van der Waals surface area contributed by atoms with Crippen molar-refractivity contribution < 1.29 is 25.2 Å². The minimum absolute atomic E-state index is 0.0384. The van der Waals surface area contributed by atoms with E-state index in [9.17, 15) is 16.8 Å². The van der Waals surface area contributed by atoms with E-state index in [4.69, 9.17) is 8.37 Å². The average molecular weight is 523 g/mol.